The van der Waals surface area contributed by atoms with Crippen LogP contribution >= 0.6 is 12.2 Å². The molecule has 6 nitrogen and oxygen atoms in total. The lowest BCUT2D eigenvalue weighted by Crippen LogP contribution is -2.30. The number of aromatic amines is 1. The highest BCUT2D eigenvalue weighted by molar-refractivity contribution is 7.80. The molecule has 0 saturated heterocycles. The first-order valence-corrected chi connectivity index (χ1v) is 6.29. The predicted octanol–water partition coefficient (Wildman–Crippen LogP) is 0.250. The quantitative estimate of drug-likeness (QED) is 0.771. The van der Waals surface area contributed by atoms with Crippen molar-refractivity contribution in [1.82, 2.24) is 9.55 Å². The molecular weight excluding hydrogens is 278 g/mol. The lowest BCUT2D eigenvalue weighted by atomic mass is 10.2. The summed E-state index contributed by atoms with van der Waals surface area (Å²) in [5.41, 5.74) is 5.37. The van der Waals surface area contributed by atoms with Gasteiger partial charge in [0.15, 0.2) is 0 Å². The fraction of sp³-hybridized carbons (Fsp3) is 0.154. The van der Waals surface area contributed by atoms with Gasteiger partial charge in [-0.3, -0.25) is 14.3 Å². The van der Waals surface area contributed by atoms with Crippen molar-refractivity contribution < 1.29 is 4.74 Å². The number of H-pyrrole nitrogens is 1. The highest BCUT2D eigenvalue weighted by atomic mass is 32.1. The van der Waals surface area contributed by atoms with Crippen molar-refractivity contribution in [2.24, 2.45) is 5.73 Å². The second kappa shape index (κ2) is 6.16. The van der Waals surface area contributed by atoms with Crippen LogP contribution in [-0.2, 0) is 6.54 Å². The third-order valence-corrected chi connectivity index (χ3v) is 2.85. The van der Waals surface area contributed by atoms with Gasteiger partial charge in [-0.2, -0.15) is 0 Å². The Labute approximate surface area is 119 Å². The molecule has 0 saturated carbocycles. The number of rotatable bonds is 5. The Hall–Kier alpha value is -2.41. The predicted molar refractivity (Wildman–Crippen MR) is 79.1 cm³/mol. The molecule has 0 unspecified atom stereocenters. The molecule has 2 rings (SSSR count). The van der Waals surface area contributed by atoms with Crippen molar-refractivity contribution in [2.45, 2.75) is 6.54 Å². The van der Waals surface area contributed by atoms with Crippen LogP contribution in [0.4, 0.5) is 0 Å². The van der Waals surface area contributed by atoms with Crippen molar-refractivity contribution in [3.05, 3.63) is 62.9 Å². The molecule has 2 aromatic rings. The highest BCUT2D eigenvalue weighted by Gasteiger charge is 2.00. The van der Waals surface area contributed by atoms with E-state index in [2.05, 4.69) is 4.98 Å². The molecule has 7 heteroatoms. The van der Waals surface area contributed by atoms with Crippen LogP contribution in [0.15, 0.2) is 46.1 Å². The van der Waals surface area contributed by atoms with Crippen LogP contribution in [-0.4, -0.2) is 21.1 Å². The zero-order valence-corrected chi connectivity index (χ0v) is 11.4. The van der Waals surface area contributed by atoms with Crippen LogP contribution < -0.4 is 21.7 Å². The maximum Gasteiger partial charge on any atom is 0.328 e. The second-order valence-electron chi connectivity index (χ2n) is 4.04. The smallest absolute Gasteiger partial charge is 0.328 e. The number of ether oxygens (including phenoxy) is 1. The number of nitrogens with zero attached hydrogens (tertiary/aromatic N) is 1. The van der Waals surface area contributed by atoms with Crippen molar-refractivity contribution >= 4 is 17.2 Å². The Morgan fingerprint density at radius 2 is 2.15 bits per heavy atom. The summed E-state index contributed by atoms with van der Waals surface area (Å²) in [4.78, 5) is 24.8. The zero-order valence-electron chi connectivity index (χ0n) is 10.5. The Morgan fingerprint density at radius 1 is 1.35 bits per heavy atom. The molecule has 0 bridgehead atoms. The van der Waals surface area contributed by atoms with E-state index >= 15 is 0 Å². The number of nitrogens with one attached hydrogen (secondary N) is 1. The van der Waals surface area contributed by atoms with Gasteiger partial charge in [-0.1, -0.05) is 24.4 Å². The van der Waals surface area contributed by atoms with E-state index in [0.29, 0.717) is 17.3 Å². The minimum absolute atomic E-state index is 0.284. The van der Waals surface area contributed by atoms with Gasteiger partial charge in [0.05, 0.1) is 6.54 Å². The summed E-state index contributed by atoms with van der Waals surface area (Å²) in [6.07, 6.45) is 1.43. The molecule has 3 N–H and O–H groups in total. The number of hydrogen-bond donors (Lipinski definition) is 2. The number of hydrogen-bond acceptors (Lipinski definition) is 4. The van der Waals surface area contributed by atoms with Crippen LogP contribution in [0.2, 0.25) is 0 Å². The number of nitrogens with two attached hydrogens (primary N) is 1. The molecule has 0 amide bonds. The van der Waals surface area contributed by atoms with Gasteiger partial charge in [-0.25, -0.2) is 4.79 Å². The molecule has 0 aliphatic heterocycles. The third kappa shape index (κ3) is 3.55. The standard InChI is InChI=1S/C13H13N3O3S/c14-12(20)9-2-1-3-10(8-9)19-7-6-16-5-4-11(17)15-13(16)18/h1-5,8H,6-7H2,(H2,14,20)(H,15,17,18). The maximum atomic E-state index is 11.4. The lowest BCUT2D eigenvalue weighted by molar-refractivity contribution is 0.295. The SMILES string of the molecule is NC(=S)c1cccc(OCCn2ccc(=O)[nH]c2=O)c1. The maximum absolute atomic E-state index is 11.4. The summed E-state index contributed by atoms with van der Waals surface area (Å²) in [5.74, 6) is 0.618. The summed E-state index contributed by atoms with van der Waals surface area (Å²) < 4.78 is 6.88. The monoisotopic (exact) mass is 291 g/mol. The average Bonchev–Trinajstić information content (AvgIpc) is 2.41. The molecule has 0 radical (unpaired) electrons. The van der Waals surface area contributed by atoms with Gasteiger partial charge in [0.2, 0.25) is 0 Å². The van der Waals surface area contributed by atoms with E-state index in [-0.39, 0.29) is 6.61 Å². The molecule has 0 fully saturated rings. The lowest BCUT2D eigenvalue weighted by Gasteiger charge is -2.08. The summed E-state index contributed by atoms with van der Waals surface area (Å²) in [6, 6.07) is 8.38. The van der Waals surface area contributed by atoms with Crippen molar-refractivity contribution in [1.29, 1.82) is 0 Å². The molecular formula is C13H13N3O3S. The van der Waals surface area contributed by atoms with Crippen LogP contribution in [0.3, 0.4) is 0 Å². The van der Waals surface area contributed by atoms with Crippen LogP contribution in [0.1, 0.15) is 5.56 Å². The summed E-state index contributed by atoms with van der Waals surface area (Å²) in [7, 11) is 0. The minimum atomic E-state index is -0.460. The van der Waals surface area contributed by atoms with E-state index in [9.17, 15) is 9.59 Å². The van der Waals surface area contributed by atoms with Gasteiger partial charge in [0, 0.05) is 17.8 Å². The number of aromatic nitrogens is 2. The summed E-state index contributed by atoms with van der Waals surface area (Å²) in [6.45, 7) is 0.611. The van der Waals surface area contributed by atoms with E-state index < -0.39 is 11.2 Å². The van der Waals surface area contributed by atoms with Crippen LogP contribution in [0.5, 0.6) is 5.75 Å². The highest BCUT2D eigenvalue weighted by Crippen LogP contribution is 2.13. The summed E-state index contributed by atoms with van der Waals surface area (Å²) >= 11 is 4.88. The minimum Gasteiger partial charge on any atom is -0.492 e. The third-order valence-electron chi connectivity index (χ3n) is 2.62. The average molecular weight is 291 g/mol. The largest absolute Gasteiger partial charge is 0.492 e. The van der Waals surface area contributed by atoms with E-state index in [1.807, 2.05) is 0 Å². The molecule has 104 valence electrons. The first-order chi connectivity index (χ1) is 9.56. The van der Waals surface area contributed by atoms with E-state index in [4.69, 9.17) is 22.7 Å². The fourth-order valence-electron chi connectivity index (χ4n) is 1.62. The fourth-order valence-corrected chi connectivity index (χ4v) is 1.75. The Kier molecular flexibility index (Phi) is 4.31. The van der Waals surface area contributed by atoms with E-state index in [1.54, 1.807) is 24.3 Å². The van der Waals surface area contributed by atoms with Crippen molar-refractivity contribution in [2.75, 3.05) is 6.61 Å². The molecule has 1 aromatic heterocycles. The van der Waals surface area contributed by atoms with Gasteiger partial charge >= 0.3 is 5.69 Å². The molecule has 0 spiro atoms. The van der Waals surface area contributed by atoms with Crippen LogP contribution in [0.25, 0.3) is 0 Å². The van der Waals surface area contributed by atoms with Gasteiger partial charge in [-0.15, -0.1) is 0 Å². The van der Waals surface area contributed by atoms with Crippen LogP contribution in [0, 0.1) is 0 Å². The van der Waals surface area contributed by atoms with Gasteiger partial charge in [0.1, 0.15) is 17.3 Å². The molecule has 0 atom stereocenters. The Balaban J connectivity index is 1.99. The van der Waals surface area contributed by atoms with Gasteiger partial charge < -0.3 is 10.5 Å². The Bertz CT molecular complexity index is 736. The molecule has 1 heterocycles. The zero-order chi connectivity index (χ0) is 14.5. The second-order valence-corrected chi connectivity index (χ2v) is 4.48. The van der Waals surface area contributed by atoms with Gasteiger partial charge in [0.25, 0.3) is 5.56 Å². The molecule has 0 aliphatic carbocycles. The number of thiocarbonyl (C=S) groups is 1. The molecule has 20 heavy (non-hydrogen) atoms. The molecule has 0 aliphatic rings. The summed E-state index contributed by atoms with van der Waals surface area (Å²) in [5, 5.41) is 0. The first-order valence-electron chi connectivity index (χ1n) is 5.89. The van der Waals surface area contributed by atoms with Crippen molar-refractivity contribution in [3.63, 3.8) is 0 Å². The number of benzene rings is 1. The first kappa shape index (κ1) is 14.0. The molecule has 1 aromatic carbocycles. The van der Waals surface area contributed by atoms with E-state index in [1.165, 1.54) is 16.8 Å². The van der Waals surface area contributed by atoms with E-state index in [0.717, 1.165) is 5.56 Å². The topological polar surface area (TPSA) is 90.1 Å². The van der Waals surface area contributed by atoms with Crippen molar-refractivity contribution in [3.8, 4) is 5.75 Å². The normalized spacial score (nSPS) is 10.2. The van der Waals surface area contributed by atoms with Gasteiger partial charge in [-0.05, 0) is 12.1 Å². The Morgan fingerprint density at radius 3 is 2.85 bits per heavy atom.